The average molecular weight is 317 g/mol. The van der Waals surface area contributed by atoms with Gasteiger partial charge in [-0.25, -0.2) is 0 Å². The van der Waals surface area contributed by atoms with Crippen molar-refractivity contribution in [1.82, 2.24) is 4.98 Å². The maximum absolute atomic E-state index is 11.1. The van der Waals surface area contributed by atoms with Gasteiger partial charge < -0.3 is 15.1 Å². The Bertz CT molecular complexity index is 522. The summed E-state index contributed by atoms with van der Waals surface area (Å²) in [4.78, 5) is 35.9. The predicted molar refractivity (Wildman–Crippen MR) is 77.3 cm³/mol. The van der Waals surface area contributed by atoms with Gasteiger partial charge in [0.05, 0.1) is 12.2 Å². The fourth-order valence-electron chi connectivity index (χ4n) is 1.74. The van der Waals surface area contributed by atoms with E-state index in [2.05, 4.69) is 4.98 Å². The van der Waals surface area contributed by atoms with Crippen molar-refractivity contribution in [1.29, 1.82) is 0 Å². The molecule has 1 aromatic rings. The second kappa shape index (κ2) is 7.47. The highest BCUT2D eigenvalue weighted by molar-refractivity contribution is 8.11. The van der Waals surface area contributed by atoms with Crippen LogP contribution in [-0.2, 0) is 27.6 Å². The molecule has 0 spiro atoms. The maximum atomic E-state index is 11.1. The lowest BCUT2D eigenvalue weighted by atomic mass is 10.1. The van der Waals surface area contributed by atoms with Crippen molar-refractivity contribution in [3.05, 3.63) is 30.1 Å². The Kier molecular flexibility index (Phi) is 6.26. The van der Waals surface area contributed by atoms with Gasteiger partial charge in [0.1, 0.15) is 0 Å². The summed E-state index contributed by atoms with van der Waals surface area (Å²) < 4.78 is 0. The summed E-state index contributed by atoms with van der Waals surface area (Å²) in [7, 11) is 0. The molecule has 0 aromatic carbocycles. The van der Waals surface area contributed by atoms with Crippen molar-refractivity contribution >= 4 is 30.0 Å². The maximum Gasteiger partial charge on any atom is 0.306 e. The van der Waals surface area contributed by atoms with Gasteiger partial charge in [-0.05, 0) is 18.6 Å². The molecule has 2 unspecified atom stereocenters. The molecule has 0 radical (unpaired) electrons. The van der Waals surface area contributed by atoms with Gasteiger partial charge in [-0.1, -0.05) is 17.9 Å². The summed E-state index contributed by atoms with van der Waals surface area (Å²) in [5, 5.41) is 17.7. The van der Waals surface area contributed by atoms with Crippen molar-refractivity contribution in [3.8, 4) is 0 Å². The van der Waals surface area contributed by atoms with Gasteiger partial charge in [-0.2, -0.15) is 0 Å². The summed E-state index contributed by atoms with van der Waals surface area (Å²) in [5.41, 5.74) is 0.612. The zero-order chi connectivity index (χ0) is 15.2. The van der Waals surface area contributed by atoms with Crippen molar-refractivity contribution in [2.24, 2.45) is 5.92 Å². The largest absolute Gasteiger partial charge is 0.481 e. The average Bonchev–Trinajstić information content (AvgIpc) is 2.34. The van der Waals surface area contributed by atoms with Gasteiger partial charge in [0.15, 0.2) is 0 Å². The molecule has 0 fully saturated rings. The Morgan fingerprint density at radius 2 is 2.05 bits per heavy atom. The number of aliphatic carboxylic acids is 2. The second-order valence-electron chi connectivity index (χ2n) is 4.48. The summed E-state index contributed by atoms with van der Waals surface area (Å²) in [6, 6.07) is 5.21. The first-order chi connectivity index (χ1) is 9.30. The van der Waals surface area contributed by atoms with Crippen LogP contribution in [0.5, 0.6) is 0 Å². The van der Waals surface area contributed by atoms with Crippen molar-refractivity contribution < 1.29 is 24.7 Å². The molecule has 20 heavy (non-hydrogen) atoms. The van der Waals surface area contributed by atoms with Crippen molar-refractivity contribution in [2.75, 3.05) is 6.16 Å². The number of pyridine rings is 1. The van der Waals surface area contributed by atoms with E-state index in [-0.39, 0.29) is 25.2 Å². The number of hydrogen-bond donors (Lipinski definition) is 3. The van der Waals surface area contributed by atoms with Crippen molar-refractivity contribution in [2.45, 2.75) is 19.0 Å². The Hall–Kier alpha value is -1.30. The number of rotatable bonds is 8. The molecule has 3 N–H and O–H groups in total. The van der Waals surface area contributed by atoms with E-state index in [0.717, 1.165) is 0 Å². The Morgan fingerprint density at radius 1 is 1.35 bits per heavy atom. The molecule has 0 amide bonds. The first-order valence-electron chi connectivity index (χ1n) is 5.95. The van der Waals surface area contributed by atoms with E-state index in [4.69, 9.17) is 22.0 Å². The summed E-state index contributed by atoms with van der Waals surface area (Å²) in [6.45, 7) is 0. The summed E-state index contributed by atoms with van der Waals surface area (Å²) >= 11 is 5.12. The summed E-state index contributed by atoms with van der Waals surface area (Å²) in [6.07, 6.45) is -1.53. The van der Waals surface area contributed by atoms with Crippen LogP contribution in [0.3, 0.4) is 0 Å². The van der Waals surface area contributed by atoms with E-state index in [1.54, 1.807) is 24.4 Å². The highest BCUT2D eigenvalue weighted by Crippen LogP contribution is 2.46. The molecule has 8 heteroatoms. The minimum Gasteiger partial charge on any atom is -0.481 e. The molecule has 110 valence electrons. The van der Waals surface area contributed by atoms with E-state index < -0.39 is 24.1 Å². The fourth-order valence-corrected chi connectivity index (χ4v) is 4.53. The Morgan fingerprint density at radius 3 is 2.55 bits per heavy atom. The van der Waals surface area contributed by atoms with Gasteiger partial charge in [0.25, 0.3) is 0 Å². The van der Waals surface area contributed by atoms with E-state index in [1.165, 1.54) is 0 Å². The predicted octanol–water partition coefficient (Wildman–Crippen LogP) is 1.53. The van der Waals surface area contributed by atoms with Gasteiger partial charge in [-0.3, -0.25) is 14.6 Å². The molecule has 0 saturated carbocycles. The summed E-state index contributed by atoms with van der Waals surface area (Å²) in [5.74, 6) is -3.13. The van der Waals surface area contributed by atoms with Crippen LogP contribution in [-0.4, -0.2) is 38.2 Å². The van der Waals surface area contributed by atoms with Crippen LogP contribution < -0.4 is 0 Å². The molecule has 0 saturated heterocycles. The van der Waals surface area contributed by atoms with Crippen LogP contribution in [0.15, 0.2) is 24.4 Å². The minimum absolute atomic E-state index is 0.0359. The highest BCUT2D eigenvalue weighted by Gasteiger charge is 2.26. The molecular weight excluding hydrogens is 301 g/mol. The number of nitrogens with zero attached hydrogens (tertiary/aromatic N) is 1. The molecule has 1 aromatic heterocycles. The molecule has 0 aliphatic rings. The number of aromatic nitrogens is 1. The quantitative estimate of drug-likeness (QED) is 0.624. The third kappa shape index (κ3) is 6.23. The number of carbonyl (C=O) groups is 2. The lowest BCUT2D eigenvalue weighted by molar-refractivity contribution is -0.142. The first-order valence-corrected chi connectivity index (χ1v) is 9.08. The molecule has 6 nitrogen and oxygen atoms in total. The first kappa shape index (κ1) is 16.8. The number of hydrogen-bond acceptors (Lipinski definition) is 4. The van der Waals surface area contributed by atoms with E-state index in [1.807, 2.05) is 0 Å². The van der Waals surface area contributed by atoms with E-state index in [0.29, 0.717) is 5.69 Å². The molecule has 0 bridgehead atoms. The number of carboxylic acid groups (broad SMARTS) is 2. The molecular formula is C12H16NO5PS. The van der Waals surface area contributed by atoms with Crippen LogP contribution >= 0.6 is 6.26 Å². The van der Waals surface area contributed by atoms with Crippen LogP contribution in [0.4, 0.5) is 0 Å². The normalized spacial score (nSPS) is 15.2. The number of carboxylic acids is 2. The minimum atomic E-state index is -2.89. The molecule has 0 aliphatic heterocycles. The standard InChI is InChI=1S/C12H16NO5PS/c14-11(15)5-4-9(12(16)17)7-19(18,20)8-10-3-1-2-6-13-10/h1-3,6,9H,4-5,7-8H2,(H,14,15)(H,16,17)(H,18,20). The lowest BCUT2D eigenvalue weighted by Crippen LogP contribution is -2.20. The third-order valence-corrected chi connectivity index (χ3v) is 5.36. The molecule has 0 aliphatic carbocycles. The van der Waals surface area contributed by atoms with Crippen molar-refractivity contribution in [3.63, 3.8) is 0 Å². The topological polar surface area (TPSA) is 108 Å². The zero-order valence-corrected chi connectivity index (χ0v) is 12.4. The van der Waals surface area contributed by atoms with E-state index >= 15 is 0 Å². The van der Waals surface area contributed by atoms with Gasteiger partial charge in [-0.15, -0.1) is 0 Å². The zero-order valence-electron chi connectivity index (χ0n) is 10.7. The van der Waals surface area contributed by atoms with Crippen LogP contribution in [0.2, 0.25) is 0 Å². The highest BCUT2D eigenvalue weighted by atomic mass is 32.4. The van der Waals surface area contributed by atoms with Crippen LogP contribution in [0.25, 0.3) is 0 Å². The molecule has 1 heterocycles. The van der Waals surface area contributed by atoms with Crippen LogP contribution in [0, 0.1) is 5.92 Å². The molecule has 1 rings (SSSR count). The lowest BCUT2D eigenvalue weighted by Gasteiger charge is -2.19. The smallest absolute Gasteiger partial charge is 0.306 e. The molecule has 2 atom stereocenters. The third-order valence-electron chi connectivity index (χ3n) is 2.70. The fraction of sp³-hybridized carbons (Fsp3) is 0.417. The van der Waals surface area contributed by atoms with Gasteiger partial charge in [0.2, 0.25) is 0 Å². The Balaban J connectivity index is 2.68. The van der Waals surface area contributed by atoms with Gasteiger partial charge in [0, 0.05) is 30.6 Å². The SMILES string of the molecule is O=C(O)CCC(CP(O)(=S)Cc1ccccn1)C(=O)O. The van der Waals surface area contributed by atoms with E-state index in [9.17, 15) is 14.5 Å². The monoisotopic (exact) mass is 317 g/mol. The Labute approximate surface area is 121 Å². The van der Waals surface area contributed by atoms with Crippen LogP contribution in [0.1, 0.15) is 18.5 Å². The second-order valence-corrected chi connectivity index (χ2v) is 8.89. The van der Waals surface area contributed by atoms with Gasteiger partial charge >= 0.3 is 11.9 Å².